The Balaban J connectivity index is 2.99. The molecule has 0 saturated heterocycles. The maximum absolute atomic E-state index is 14.0. The Hall–Kier alpha value is 0.400. The van der Waals surface area contributed by atoms with Gasteiger partial charge in [-0.05, 0) is 35.8 Å². The van der Waals surface area contributed by atoms with Crippen molar-refractivity contribution in [2.75, 3.05) is 10.7 Å². The Morgan fingerprint density at radius 3 is 2.39 bits per heavy atom. The minimum atomic E-state index is -0.283. The van der Waals surface area contributed by atoms with Crippen LogP contribution in [0.25, 0.3) is 0 Å². The molecule has 0 heterocycles. The zero-order valence-corrected chi connectivity index (χ0v) is 14.6. The number of alkyl halides is 2. The van der Waals surface area contributed by atoms with Gasteiger partial charge < -0.3 is 0 Å². The highest BCUT2D eigenvalue weighted by atomic mass is 79.9. The van der Waals surface area contributed by atoms with Crippen LogP contribution in [0.3, 0.4) is 0 Å². The molecule has 0 bridgehead atoms. The smallest absolute Gasteiger partial charge is 0.144 e. The first-order valence-corrected chi connectivity index (χ1v) is 8.61. The summed E-state index contributed by atoms with van der Waals surface area (Å²) in [6.45, 7) is 4.38. The van der Waals surface area contributed by atoms with E-state index in [1.54, 1.807) is 6.07 Å². The quantitative estimate of drug-likeness (QED) is 0.526. The third-order valence-corrected chi connectivity index (χ3v) is 5.68. The molecule has 0 atom stereocenters. The summed E-state index contributed by atoms with van der Waals surface area (Å²) in [5.41, 5.74) is 0.724. The Kier molecular flexibility index (Phi) is 6.63. The highest BCUT2D eigenvalue weighted by Gasteiger charge is 2.30. The zero-order valence-electron chi connectivity index (χ0n) is 10.6. The molecular formula is C14H18Br2ClF. The van der Waals surface area contributed by atoms with Crippen LogP contribution >= 0.6 is 43.5 Å². The molecule has 0 aromatic heterocycles. The molecule has 1 rings (SSSR count). The van der Waals surface area contributed by atoms with Crippen LogP contribution < -0.4 is 0 Å². The van der Waals surface area contributed by atoms with Crippen molar-refractivity contribution in [1.82, 2.24) is 0 Å². The van der Waals surface area contributed by atoms with Gasteiger partial charge in [-0.1, -0.05) is 69.4 Å². The van der Waals surface area contributed by atoms with E-state index in [1.807, 2.05) is 12.1 Å². The van der Waals surface area contributed by atoms with Crippen LogP contribution in [0.5, 0.6) is 0 Å². The van der Waals surface area contributed by atoms with Crippen LogP contribution in [0, 0.1) is 17.2 Å². The number of benzene rings is 1. The van der Waals surface area contributed by atoms with Gasteiger partial charge in [-0.3, -0.25) is 0 Å². The van der Waals surface area contributed by atoms with Gasteiger partial charge in [-0.2, -0.15) is 0 Å². The molecule has 0 saturated carbocycles. The molecule has 0 fully saturated rings. The lowest BCUT2D eigenvalue weighted by atomic mass is 9.78. The van der Waals surface area contributed by atoms with E-state index in [0.717, 1.165) is 17.1 Å². The molecule has 0 aliphatic carbocycles. The van der Waals surface area contributed by atoms with Crippen molar-refractivity contribution in [1.29, 1.82) is 0 Å². The fourth-order valence-electron chi connectivity index (χ4n) is 2.27. The Morgan fingerprint density at radius 2 is 1.89 bits per heavy atom. The van der Waals surface area contributed by atoms with Gasteiger partial charge in [0.05, 0.1) is 5.02 Å². The van der Waals surface area contributed by atoms with Gasteiger partial charge in [0, 0.05) is 10.7 Å². The average Bonchev–Trinajstić information content (AvgIpc) is 2.33. The van der Waals surface area contributed by atoms with Gasteiger partial charge in [0.1, 0.15) is 5.82 Å². The summed E-state index contributed by atoms with van der Waals surface area (Å²) >= 11 is 13.0. The van der Waals surface area contributed by atoms with Gasteiger partial charge >= 0.3 is 0 Å². The van der Waals surface area contributed by atoms with Crippen molar-refractivity contribution in [2.24, 2.45) is 11.3 Å². The van der Waals surface area contributed by atoms with E-state index < -0.39 is 0 Å². The molecule has 0 aliphatic rings. The van der Waals surface area contributed by atoms with Crippen molar-refractivity contribution >= 4 is 43.5 Å². The van der Waals surface area contributed by atoms with Gasteiger partial charge in [-0.15, -0.1) is 0 Å². The van der Waals surface area contributed by atoms with Crippen molar-refractivity contribution < 1.29 is 4.39 Å². The van der Waals surface area contributed by atoms with Crippen LogP contribution in [-0.4, -0.2) is 10.7 Å². The summed E-state index contributed by atoms with van der Waals surface area (Å²) in [6.07, 6.45) is 1.73. The third kappa shape index (κ3) is 4.21. The molecule has 0 N–H and O–H groups in total. The SMILES string of the molecule is CC(C)CC(CBr)(CBr)Cc1cccc(Cl)c1F. The highest BCUT2D eigenvalue weighted by Crippen LogP contribution is 2.36. The summed E-state index contributed by atoms with van der Waals surface area (Å²) in [7, 11) is 0. The maximum Gasteiger partial charge on any atom is 0.144 e. The molecule has 102 valence electrons. The number of hydrogen-bond donors (Lipinski definition) is 0. The molecule has 1 aromatic rings. The van der Waals surface area contributed by atoms with Gasteiger partial charge in [0.2, 0.25) is 0 Å². The standard InChI is InChI=1S/C14H18Br2ClF/c1-10(2)6-14(8-15,9-16)7-11-4-3-5-12(17)13(11)18/h3-5,10H,6-9H2,1-2H3. The van der Waals surface area contributed by atoms with Crippen molar-refractivity contribution in [3.63, 3.8) is 0 Å². The first-order chi connectivity index (χ1) is 8.44. The molecule has 0 amide bonds. The topological polar surface area (TPSA) is 0 Å². The van der Waals surface area contributed by atoms with Crippen LogP contribution in [0.2, 0.25) is 5.02 Å². The number of rotatable bonds is 6. The lowest BCUT2D eigenvalue weighted by molar-refractivity contribution is 0.301. The normalized spacial score (nSPS) is 12.2. The van der Waals surface area contributed by atoms with Gasteiger partial charge in [0.25, 0.3) is 0 Å². The minimum absolute atomic E-state index is 0.0275. The molecule has 1 aromatic carbocycles. The molecule has 0 unspecified atom stereocenters. The molecule has 18 heavy (non-hydrogen) atoms. The van der Waals surface area contributed by atoms with Crippen LogP contribution in [-0.2, 0) is 6.42 Å². The Morgan fingerprint density at radius 1 is 1.28 bits per heavy atom. The predicted molar refractivity (Wildman–Crippen MR) is 84.6 cm³/mol. The zero-order chi connectivity index (χ0) is 13.8. The molecule has 4 heteroatoms. The molecule has 0 aliphatic heterocycles. The monoisotopic (exact) mass is 398 g/mol. The van der Waals surface area contributed by atoms with Crippen molar-refractivity contribution in [3.05, 3.63) is 34.6 Å². The van der Waals surface area contributed by atoms with Crippen molar-refractivity contribution in [2.45, 2.75) is 26.7 Å². The number of halogens is 4. The highest BCUT2D eigenvalue weighted by molar-refractivity contribution is 9.09. The summed E-state index contributed by atoms with van der Waals surface area (Å²) in [4.78, 5) is 0. The Labute approximate surface area is 131 Å². The fraction of sp³-hybridized carbons (Fsp3) is 0.571. The van der Waals surface area contributed by atoms with E-state index in [4.69, 9.17) is 11.6 Å². The van der Waals surface area contributed by atoms with E-state index in [9.17, 15) is 4.39 Å². The average molecular weight is 401 g/mol. The summed E-state index contributed by atoms with van der Waals surface area (Å²) < 4.78 is 14.0. The fourth-order valence-corrected chi connectivity index (χ4v) is 4.24. The lowest BCUT2D eigenvalue weighted by Crippen LogP contribution is -2.30. The van der Waals surface area contributed by atoms with E-state index in [2.05, 4.69) is 45.7 Å². The first kappa shape index (κ1) is 16.5. The van der Waals surface area contributed by atoms with Crippen molar-refractivity contribution in [3.8, 4) is 0 Å². The number of hydrogen-bond acceptors (Lipinski definition) is 0. The van der Waals surface area contributed by atoms with Crippen LogP contribution in [0.4, 0.5) is 4.39 Å². The summed E-state index contributed by atoms with van der Waals surface area (Å²) in [5, 5.41) is 1.89. The van der Waals surface area contributed by atoms with Gasteiger partial charge in [-0.25, -0.2) is 4.39 Å². The van der Waals surface area contributed by atoms with Crippen LogP contribution in [0.1, 0.15) is 25.8 Å². The largest absolute Gasteiger partial charge is 0.205 e. The lowest BCUT2D eigenvalue weighted by Gasteiger charge is -2.32. The van der Waals surface area contributed by atoms with E-state index in [0.29, 0.717) is 17.9 Å². The first-order valence-electron chi connectivity index (χ1n) is 5.99. The van der Waals surface area contributed by atoms with Crippen LogP contribution in [0.15, 0.2) is 18.2 Å². The van der Waals surface area contributed by atoms with E-state index in [-0.39, 0.29) is 16.3 Å². The van der Waals surface area contributed by atoms with E-state index >= 15 is 0 Å². The molecule has 0 nitrogen and oxygen atoms in total. The minimum Gasteiger partial charge on any atom is -0.205 e. The Bertz CT molecular complexity index is 389. The van der Waals surface area contributed by atoms with Gasteiger partial charge in [0.15, 0.2) is 0 Å². The molecular weight excluding hydrogens is 382 g/mol. The second kappa shape index (κ2) is 7.25. The predicted octanol–water partition coefficient (Wildman–Crippen LogP) is 5.84. The third-order valence-electron chi connectivity index (χ3n) is 3.01. The van der Waals surface area contributed by atoms with E-state index in [1.165, 1.54) is 0 Å². The summed E-state index contributed by atoms with van der Waals surface area (Å²) in [5.74, 6) is 0.288. The second-order valence-corrected chi connectivity index (χ2v) is 6.78. The molecule has 0 radical (unpaired) electrons. The second-order valence-electron chi connectivity index (χ2n) is 5.25. The maximum atomic E-state index is 14.0. The molecule has 0 spiro atoms. The summed E-state index contributed by atoms with van der Waals surface area (Å²) in [6, 6.07) is 5.22.